The molecule has 0 radical (unpaired) electrons. The lowest BCUT2D eigenvalue weighted by molar-refractivity contribution is 0.0341. The van der Waals surface area contributed by atoms with Gasteiger partial charge in [0.05, 0.1) is 13.2 Å². The molecule has 1 aromatic carbocycles. The largest absolute Gasteiger partial charge is 0.508 e. The number of benzene rings is 1. The molecule has 0 bridgehead atoms. The van der Waals surface area contributed by atoms with E-state index in [0.717, 1.165) is 37.3 Å². The van der Waals surface area contributed by atoms with Crippen molar-refractivity contribution in [2.45, 2.75) is 6.54 Å². The van der Waals surface area contributed by atoms with Crippen LogP contribution in [-0.4, -0.2) is 36.3 Å². The maximum atomic E-state index is 9.28. The molecule has 0 amide bonds. The molecule has 0 unspecified atom stereocenters. The zero-order valence-corrected chi connectivity index (χ0v) is 10.0. The van der Waals surface area contributed by atoms with Crippen LogP contribution in [0.1, 0.15) is 5.56 Å². The van der Waals surface area contributed by atoms with Crippen molar-refractivity contribution in [3.63, 3.8) is 0 Å². The summed E-state index contributed by atoms with van der Waals surface area (Å²) in [6, 6.07) is 5.41. The summed E-state index contributed by atoms with van der Waals surface area (Å²) in [5, 5.41) is 9.28. The van der Waals surface area contributed by atoms with Crippen LogP contribution < -0.4 is 0 Å². The molecule has 0 aromatic heterocycles. The summed E-state index contributed by atoms with van der Waals surface area (Å²) in [7, 11) is 0. The molecular formula is C11H14BrNO2. The quantitative estimate of drug-likeness (QED) is 0.893. The van der Waals surface area contributed by atoms with Crippen LogP contribution in [-0.2, 0) is 11.3 Å². The average Bonchev–Trinajstić information content (AvgIpc) is 2.24. The fourth-order valence-electron chi connectivity index (χ4n) is 1.66. The Morgan fingerprint density at radius 3 is 2.73 bits per heavy atom. The van der Waals surface area contributed by atoms with Crippen molar-refractivity contribution >= 4 is 15.9 Å². The van der Waals surface area contributed by atoms with Gasteiger partial charge in [0, 0.05) is 24.1 Å². The van der Waals surface area contributed by atoms with Gasteiger partial charge < -0.3 is 9.84 Å². The van der Waals surface area contributed by atoms with Crippen LogP contribution in [0, 0.1) is 0 Å². The Hall–Kier alpha value is -0.580. The Bertz CT molecular complexity index is 337. The molecule has 3 nitrogen and oxygen atoms in total. The van der Waals surface area contributed by atoms with Gasteiger partial charge in [0.1, 0.15) is 5.75 Å². The molecule has 1 fully saturated rings. The zero-order valence-electron chi connectivity index (χ0n) is 8.45. The van der Waals surface area contributed by atoms with Gasteiger partial charge in [0.15, 0.2) is 0 Å². The van der Waals surface area contributed by atoms with Crippen molar-refractivity contribution in [1.29, 1.82) is 0 Å². The number of halogens is 1. The van der Waals surface area contributed by atoms with Crippen LogP contribution >= 0.6 is 15.9 Å². The van der Waals surface area contributed by atoms with Crippen molar-refractivity contribution in [2.24, 2.45) is 0 Å². The molecule has 2 rings (SSSR count). The molecule has 0 aliphatic carbocycles. The molecule has 1 aliphatic rings. The number of aromatic hydroxyl groups is 1. The number of nitrogens with zero attached hydrogens (tertiary/aromatic N) is 1. The molecule has 4 heteroatoms. The van der Waals surface area contributed by atoms with Crippen LogP contribution in [0.25, 0.3) is 0 Å². The first-order chi connectivity index (χ1) is 7.25. The topological polar surface area (TPSA) is 32.7 Å². The lowest BCUT2D eigenvalue weighted by atomic mass is 10.2. The number of morpholine rings is 1. The molecule has 1 heterocycles. The smallest absolute Gasteiger partial charge is 0.116 e. The second-order valence-electron chi connectivity index (χ2n) is 3.66. The summed E-state index contributed by atoms with van der Waals surface area (Å²) in [5.74, 6) is 0.299. The second kappa shape index (κ2) is 4.96. The molecule has 1 aromatic rings. The maximum Gasteiger partial charge on any atom is 0.116 e. The van der Waals surface area contributed by atoms with Crippen molar-refractivity contribution in [2.75, 3.05) is 26.3 Å². The standard InChI is InChI=1S/C11H14BrNO2/c12-11-7-10(14)2-1-9(11)8-13-3-5-15-6-4-13/h1-2,7,14H,3-6,8H2. The van der Waals surface area contributed by atoms with E-state index in [2.05, 4.69) is 20.8 Å². The van der Waals surface area contributed by atoms with E-state index in [1.165, 1.54) is 5.56 Å². The summed E-state index contributed by atoms with van der Waals surface area (Å²) >= 11 is 3.46. The third-order valence-corrected chi connectivity index (χ3v) is 3.27. The third-order valence-electron chi connectivity index (χ3n) is 2.53. The van der Waals surface area contributed by atoms with E-state index < -0.39 is 0 Å². The van der Waals surface area contributed by atoms with Crippen LogP contribution in [0.5, 0.6) is 5.75 Å². The summed E-state index contributed by atoms with van der Waals surface area (Å²) in [6.45, 7) is 4.50. The van der Waals surface area contributed by atoms with Crippen molar-refractivity contribution < 1.29 is 9.84 Å². The van der Waals surface area contributed by atoms with Gasteiger partial charge in [-0.2, -0.15) is 0 Å². The molecule has 82 valence electrons. The first-order valence-electron chi connectivity index (χ1n) is 5.03. The van der Waals surface area contributed by atoms with E-state index in [1.807, 2.05) is 6.07 Å². The summed E-state index contributed by atoms with van der Waals surface area (Å²) < 4.78 is 6.26. The highest BCUT2D eigenvalue weighted by atomic mass is 79.9. The Labute approximate surface area is 97.8 Å². The van der Waals surface area contributed by atoms with E-state index in [0.29, 0.717) is 5.75 Å². The minimum absolute atomic E-state index is 0.299. The van der Waals surface area contributed by atoms with E-state index in [1.54, 1.807) is 12.1 Å². The molecule has 0 saturated carbocycles. The Balaban J connectivity index is 2.03. The van der Waals surface area contributed by atoms with E-state index in [-0.39, 0.29) is 0 Å². The Kier molecular flexibility index (Phi) is 3.61. The highest BCUT2D eigenvalue weighted by molar-refractivity contribution is 9.10. The highest BCUT2D eigenvalue weighted by Crippen LogP contribution is 2.23. The molecule has 1 aliphatic heterocycles. The monoisotopic (exact) mass is 271 g/mol. The van der Waals surface area contributed by atoms with Crippen LogP contribution in [0.3, 0.4) is 0 Å². The average molecular weight is 272 g/mol. The van der Waals surface area contributed by atoms with Gasteiger partial charge in [-0.3, -0.25) is 4.90 Å². The number of rotatable bonds is 2. The van der Waals surface area contributed by atoms with Gasteiger partial charge in [-0.25, -0.2) is 0 Å². The lowest BCUT2D eigenvalue weighted by Crippen LogP contribution is -2.35. The fraction of sp³-hybridized carbons (Fsp3) is 0.455. The minimum atomic E-state index is 0.299. The number of phenolic OH excluding ortho intramolecular Hbond substituents is 1. The molecule has 1 N–H and O–H groups in total. The molecule has 15 heavy (non-hydrogen) atoms. The van der Waals surface area contributed by atoms with Gasteiger partial charge in [0.2, 0.25) is 0 Å². The van der Waals surface area contributed by atoms with Crippen molar-refractivity contribution in [3.8, 4) is 5.75 Å². The first-order valence-corrected chi connectivity index (χ1v) is 5.82. The van der Waals surface area contributed by atoms with E-state index in [9.17, 15) is 5.11 Å². The second-order valence-corrected chi connectivity index (χ2v) is 4.52. The molecule has 1 saturated heterocycles. The van der Waals surface area contributed by atoms with Gasteiger partial charge in [0.25, 0.3) is 0 Å². The van der Waals surface area contributed by atoms with Gasteiger partial charge in [-0.15, -0.1) is 0 Å². The lowest BCUT2D eigenvalue weighted by Gasteiger charge is -2.26. The summed E-state index contributed by atoms with van der Waals surface area (Å²) in [4.78, 5) is 2.35. The minimum Gasteiger partial charge on any atom is -0.508 e. The van der Waals surface area contributed by atoms with Gasteiger partial charge in [-0.1, -0.05) is 22.0 Å². The first kappa shape index (κ1) is 10.9. The predicted octanol–water partition coefficient (Wildman–Crippen LogP) is 1.99. The Morgan fingerprint density at radius 2 is 2.07 bits per heavy atom. The van der Waals surface area contributed by atoms with Crippen molar-refractivity contribution in [1.82, 2.24) is 4.90 Å². The molecular weight excluding hydrogens is 258 g/mol. The van der Waals surface area contributed by atoms with Gasteiger partial charge in [-0.05, 0) is 17.7 Å². The zero-order chi connectivity index (χ0) is 10.7. The maximum absolute atomic E-state index is 9.28. The highest BCUT2D eigenvalue weighted by Gasteiger charge is 2.12. The van der Waals surface area contributed by atoms with E-state index in [4.69, 9.17) is 4.74 Å². The predicted molar refractivity (Wildman–Crippen MR) is 61.9 cm³/mol. The normalized spacial score (nSPS) is 17.9. The molecule has 0 spiro atoms. The van der Waals surface area contributed by atoms with Crippen LogP contribution in [0.15, 0.2) is 22.7 Å². The SMILES string of the molecule is Oc1ccc(CN2CCOCC2)c(Br)c1. The number of hydrogen-bond acceptors (Lipinski definition) is 3. The van der Waals surface area contributed by atoms with Crippen molar-refractivity contribution in [3.05, 3.63) is 28.2 Å². The van der Waals surface area contributed by atoms with Gasteiger partial charge >= 0.3 is 0 Å². The van der Waals surface area contributed by atoms with Crippen LogP contribution in [0.4, 0.5) is 0 Å². The summed E-state index contributed by atoms with van der Waals surface area (Å²) in [6.07, 6.45) is 0. The summed E-state index contributed by atoms with van der Waals surface area (Å²) in [5.41, 5.74) is 1.20. The number of ether oxygens (including phenoxy) is 1. The van der Waals surface area contributed by atoms with E-state index >= 15 is 0 Å². The Morgan fingerprint density at radius 1 is 1.33 bits per heavy atom. The number of phenols is 1. The fourth-order valence-corrected chi connectivity index (χ4v) is 2.16. The number of hydrogen-bond donors (Lipinski definition) is 1. The van der Waals surface area contributed by atoms with Crippen LogP contribution in [0.2, 0.25) is 0 Å². The third kappa shape index (κ3) is 2.93. The molecule has 0 atom stereocenters.